The van der Waals surface area contributed by atoms with Gasteiger partial charge in [0.15, 0.2) is 12.2 Å². The van der Waals surface area contributed by atoms with Crippen molar-refractivity contribution in [3.63, 3.8) is 0 Å². The van der Waals surface area contributed by atoms with Gasteiger partial charge in [0.25, 0.3) is 0 Å². The molecule has 17 nitrogen and oxygen atoms in total. The van der Waals surface area contributed by atoms with Crippen LogP contribution in [0.1, 0.15) is 439 Å². The lowest BCUT2D eigenvalue weighted by Gasteiger charge is -2.21. The molecule has 0 spiro atoms. The molecule has 0 amide bonds. The maximum atomic E-state index is 13.1. The van der Waals surface area contributed by atoms with E-state index < -0.39 is 97.5 Å². The molecule has 0 bridgehead atoms. The van der Waals surface area contributed by atoms with Crippen LogP contribution in [0.2, 0.25) is 0 Å². The maximum absolute atomic E-state index is 13.1. The Morgan fingerprint density at radius 1 is 0.240 bits per heavy atom. The summed E-state index contributed by atoms with van der Waals surface area (Å²) in [7, 11) is -9.91. The Labute approximate surface area is 613 Å². The van der Waals surface area contributed by atoms with Gasteiger partial charge in [0.2, 0.25) is 0 Å². The van der Waals surface area contributed by atoms with Crippen molar-refractivity contribution < 1.29 is 80.2 Å². The molecule has 0 aromatic carbocycles. The lowest BCUT2D eigenvalue weighted by Crippen LogP contribution is -2.30. The molecule has 0 aliphatic rings. The number of ether oxygens (including phenoxy) is 4. The van der Waals surface area contributed by atoms with Gasteiger partial charge in [0.05, 0.1) is 26.4 Å². The molecule has 0 rings (SSSR count). The smallest absolute Gasteiger partial charge is 0.462 e. The van der Waals surface area contributed by atoms with Gasteiger partial charge in [-0.3, -0.25) is 37.3 Å². The maximum Gasteiger partial charge on any atom is 0.472 e. The number of aliphatic hydroxyl groups is 1. The average Bonchev–Trinajstić information content (AvgIpc) is 0.926. The Kier molecular flexibility index (Phi) is 73.8. The number of rotatable bonds is 82. The minimum absolute atomic E-state index is 0.108. The number of hydrogen-bond acceptors (Lipinski definition) is 15. The largest absolute Gasteiger partial charge is 0.472 e. The zero-order chi connectivity index (χ0) is 73.2. The van der Waals surface area contributed by atoms with Gasteiger partial charge in [0.1, 0.15) is 19.3 Å². The molecule has 0 aliphatic carbocycles. The molecule has 5 atom stereocenters. The SMILES string of the molecule is CCCCCCCCCCCCCCCCCCCCCCCC(=O)O[C@H](COC(=O)CCCCCCCCCCCCCCCCCCCC)COP(=O)(O)OC[C@@H](O)COP(=O)(O)OC[C@@H](COC(=O)CCCCCCCCCC)OC(=O)CCCCCCCCCCCCCCC. The highest BCUT2D eigenvalue weighted by molar-refractivity contribution is 7.47. The molecule has 0 saturated carbocycles. The summed E-state index contributed by atoms with van der Waals surface area (Å²) >= 11 is 0. The van der Waals surface area contributed by atoms with Gasteiger partial charge in [0, 0.05) is 25.7 Å². The highest BCUT2D eigenvalue weighted by atomic mass is 31.2. The average molecular weight is 1470 g/mol. The molecule has 594 valence electrons. The van der Waals surface area contributed by atoms with Crippen molar-refractivity contribution >= 4 is 39.5 Å². The molecule has 0 heterocycles. The Morgan fingerprint density at radius 3 is 0.590 bits per heavy atom. The van der Waals surface area contributed by atoms with Crippen LogP contribution in [0.4, 0.5) is 0 Å². The molecule has 19 heteroatoms. The van der Waals surface area contributed by atoms with Crippen LogP contribution in [0.25, 0.3) is 0 Å². The Balaban J connectivity index is 5.18. The number of hydrogen-bond donors (Lipinski definition) is 3. The highest BCUT2D eigenvalue weighted by Gasteiger charge is 2.30. The van der Waals surface area contributed by atoms with Crippen molar-refractivity contribution in [2.75, 3.05) is 39.6 Å². The monoisotopic (exact) mass is 1470 g/mol. The van der Waals surface area contributed by atoms with Gasteiger partial charge in [-0.15, -0.1) is 0 Å². The van der Waals surface area contributed by atoms with Gasteiger partial charge in [-0.1, -0.05) is 387 Å². The number of unbranched alkanes of at least 4 members (excludes halogenated alkanes) is 56. The minimum Gasteiger partial charge on any atom is -0.462 e. The standard InChI is InChI=1S/C81H158O17P2/c1-5-9-13-17-21-25-28-31-33-35-37-38-39-41-43-46-49-52-56-60-64-68-81(86)98-77(72-92-79(84)66-62-58-54-50-47-45-42-40-36-34-32-29-26-22-18-14-10-6-2)74-96-100(89,90)94-70-75(82)69-93-99(87,88)95-73-76(71-91-78(83)65-61-57-53-24-20-16-12-8-4)97-80(85)67-63-59-55-51-48-44-30-27-23-19-15-11-7-3/h75-77,82H,5-74H2,1-4H3,(H,87,88)(H,89,90)/t75-,76+,77+/m0/s1. The second-order valence-electron chi connectivity index (χ2n) is 29.2. The van der Waals surface area contributed by atoms with E-state index in [2.05, 4.69) is 27.7 Å². The number of esters is 4. The summed E-state index contributed by atoms with van der Waals surface area (Å²) in [6, 6.07) is 0. The van der Waals surface area contributed by atoms with E-state index in [1.165, 1.54) is 270 Å². The van der Waals surface area contributed by atoms with Crippen LogP contribution < -0.4 is 0 Å². The van der Waals surface area contributed by atoms with E-state index in [1.54, 1.807) is 0 Å². The van der Waals surface area contributed by atoms with E-state index in [-0.39, 0.29) is 25.7 Å². The number of aliphatic hydroxyl groups excluding tert-OH is 1. The zero-order valence-corrected chi connectivity index (χ0v) is 67.0. The molecule has 0 aromatic rings. The van der Waals surface area contributed by atoms with Gasteiger partial charge >= 0.3 is 39.5 Å². The van der Waals surface area contributed by atoms with Crippen LogP contribution in [0, 0.1) is 0 Å². The molecular weight excluding hydrogens is 1310 g/mol. The number of carbonyl (C=O) groups excluding carboxylic acids is 4. The summed E-state index contributed by atoms with van der Waals surface area (Å²) in [5, 5.41) is 10.6. The van der Waals surface area contributed by atoms with Crippen LogP contribution >= 0.6 is 15.6 Å². The topological polar surface area (TPSA) is 237 Å². The normalized spacial score (nSPS) is 13.8. The second kappa shape index (κ2) is 75.3. The van der Waals surface area contributed by atoms with E-state index >= 15 is 0 Å². The molecule has 100 heavy (non-hydrogen) atoms. The molecule has 2 unspecified atom stereocenters. The van der Waals surface area contributed by atoms with Gasteiger partial charge in [-0.05, 0) is 25.7 Å². The Hall–Kier alpha value is -1.94. The van der Waals surface area contributed by atoms with Gasteiger partial charge in [-0.2, -0.15) is 0 Å². The predicted octanol–water partition coefficient (Wildman–Crippen LogP) is 24.6. The predicted molar refractivity (Wildman–Crippen MR) is 409 cm³/mol. The lowest BCUT2D eigenvalue weighted by molar-refractivity contribution is -0.161. The van der Waals surface area contributed by atoms with Crippen LogP contribution in [0.3, 0.4) is 0 Å². The first kappa shape index (κ1) is 98.1. The highest BCUT2D eigenvalue weighted by Crippen LogP contribution is 2.45. The molecule has 0 fully saturated rings. The second-order valence-corrected chi connectivity index (χ2v) is 32.1. The van der Waals surface area contributed by atoms with Crippen LogP contribution in [-0.4, -0.2) is 96.7 Å². The van der Waals surface area contributed by atoms with Crippen molar-refractivity contribution in [3.8, 4) is 0 Å². The molecule has 0 saturated heterocycles. The minimum atomic E-state index is -4.96. The van der Waals surface area contributed by atoms with E-state index in [0.717, 1.165) is 89.9 Å². The van der Waals surface area contributed by atoms with Crippen LogP contribution in [-0.2, 0) is 65.4 Å². The molecule has 0 aromatic heterocycles. The van der Waals surface area contributed by atoms with E-state index in [9.17, 15) is 43.2 Å². The summed E-state index contributed by atoms with van der Waals surface area (Å²) < 4.78 is 68.6. The first-order valence-corrected chi connectivity index (χ1v) is 45.3. The van der Waals surface area contributed by atoms with E-state index in [4.69, 9.17) is 37.0 Å². The van der Waals surface area contributed by atoms with Gasteiger partial charge < -0.3 is 33.8 Å². The summed E-state index contributed by atoms with van der Waals surface area (Å²) in [4.78, 5) is 72.9. The van der Waals surface area contributed by atoms with Crippen molar-refractivity contribution in [1.29, 1.82) is 0 Å². The summed E-state index contributed by atoms with van der Waals surface area (Å²) in [5.41, 5.74) is 0. The van der Waals surface area contributed by atoms with Crippen molar-refractivity contribution in [2.45, 2.75) is 457 Å². The number of phosphoric ester groups is 2. The quantitative estimate of drug-likeness (QED) is 0.0222. The summed E-state index contributed by atoms with van der Waals surface area (Å²) in [6.07, 6.45) is 68.1. The molecule has 0 radical (unpaired) electrons. The van der Waals surface area contributed by atoms with E-state index in [1.807, 2.05) is 0 Å². The third-order valence-electron chi connectivity index (χ3n) is 19.1. The van der Waals surface area contributed by atoms with Crippen molar-refractivity contribution in [1.82, 2.24) is 0 Å². The van der Waals surface area contributed by atoms with Crippen LogP contribution in [0.5, 0.6) is 0 Å². The van der Waals surface area contributed by atoms with Crippen molar-refractivity contribution in [2.24, 2.45) is 0 Å². The Morgan fingerprint density at radius 2 is 0.400 bits per heavy atom. The lowest BCUT2D eigenvalue weighted by atomic mass is 10.0. The third kappa shape index (κ3) is 74.3. The number of phosphoric acid groups is 2. The first-order valence-electron chi connectivity index (χ1n) is 42.3. The summed E-state index contributed by atoms with van der Waals surface area (Å²) in [6.45, 7) is 5.00. The third-order valence-corrected chi connectivity index (χ3v) is 21.0. The fraction of sp³-hybridized carbons (Fsp3) is 0.951. The first-order chi connectivity index (χ1) is 48.7. The summed E-state index contributed by atoms with van der Waals surface area (Å²) in [5.74, 6) is -2.11. The van der Waals surface area contributed by atoms with Gasteiger partial charge in [-0.25, -0.2) is 9.13 Å². The Bertz CT molecular complexity index is 1890. The fourth-order valence-electron chi connectivity index (χ4n) is 12.6. The number of carbonyl (C=O) groups is 4. The van der Waals surface area contributed by atoms with E-state index in [0.29, 0.717) is 25.7 Å². The molecule has 3 N–H and O–H groups in total. The van der Waals surface area contributed by atoms with Crippen LogP contribution in [0.15, 0.2) is 0 Å². The molecular formula is C81H158O17P2. The molecule has 0 aliphatic heterocycles. The fourth-order valence-corrected chi connectivity index (χ4v) is 14.2. The zero-order valence-electron chi connectivity index (χ0n) is 65.2. The van der Waals surface area contributed by atoms with Crippen molar-refractivity contribution in [3.05, 3.63) is 0 Å².